The number of aryl methyl sites for hydroxylation is 3. The second-order valence-corrected chi connectivity index (χ2v) is 21.4. The molecule has 0 aliphatic rings. The van der Waals surface area contributed by atoms with Crippen LogP contribution in [0.2, 0.25) is 0 Å². The maximum absolute atomic E-state index is 4.10. The van der Waals surface area contributed by atoms with Gasteiger partial charge in [0.05, 0.1) is 0 Å². The van der Waals surface area contributed by atoms with Crippen LogP contribution in [0.25, 0.3) is 32.3 Å². The molecule has 0 aromatic heterocycles. The molecule has 7 aromatic carbocycles. The van der Waals surface area contributed by atoms with Crippen molar-refractivity contribution in [1.29, 1.82) is 0 Å². The third-order valence-corrected chi connectivity index (χ3v) is 23.7. The van der Waals surface area contributed by atoms with Gasteiger partial charge in [-0.1, -0.05) is 0 Å². The van der Waals surface area contributed by atoms with Crippen molar-refractivity contribution in [1.82, 2.24) is 0 Å². The zero-order valence-electron chi connectivity index (χ0n) is 23.3. The Labute approximate surface area is 240 Å². The summed E-state index contributed by atoms with van der Waals surface area (Å²) >= 11 is -4.10. The SMILES string of the molecule is Cc1cc(C)[c]([Sn]([c]2cccc3ccccc23)([c]2cccc3ccccc23)[c]2cccc3ccccc23)c(C)c1. The molecule has 0 N–H and O–H groups in total. The Morgan fingerprint density at radius 1 is 0.375 bits per heavy atom. The number of fused-ring (bicyclic) bond motifs is 3. The Hall–Kier alpha value is -3.88. The molecule has 0 unspecified atom stereocenters. The average molecular weight is 619 g/mol. The number of rotatable bonds is 4. The fourth-order valence-electron chi connectivity index (χ4n) is 7.27. The molecule has 0 radical (unpaired) electrons. The van der Waals surface area contributed by atoms with Gasteiger partial charge in [-0.25, -0.2) is 0 Å². The van der Waals surface area contributed by atoms with E-state index in [-0.39, 0.29) is 0 Å². The maximum atomic E-state index is 2.46. The first-order chi connectivity index (χ1) is 19.6. The summed E-state index contributed by atoms with van der Waals surface area (Å²) in [5.74, 6) is 0. The molecule has 0 spiro atoms. The molecule has 7 aromatic rings. The summed E-state index contributed by atoms with van der Waals surface area (Å²) in [6, 6.07) is 52.9. The van der Waals surface area contributed by atoms with E-state index in [0.717, 1.165) is 0 Å². The number of hydrogen-bond donors (Lipinski definition) is 0. The summed E-state index contributed by atoms with van der Waals surface area (Å²) in [4.78, 5) is 0. The molecule has 192 valence electrons. The van der Waals surface area contributed by atoms with Crippen molar-refractivity contribution in [2.75, 3.05) is 0 Å². The van der Waals surface area contributed by atoms with E-state index in [1.165, 1.54) is 59.7 Å². The fraction of sp³-hybridized carbons (Fsp3) is 0.0769. The summed E-state index contributed by atoms with van der Waals surface area (Å²) in [5, 5.41) is 8.06. The van der Waals surface area contributed by atoms with Crippen molar-refractivity contribution in [2.45, 2.75) is 20.8 Å². The zero-order valence-corrected chi connectivity index (χ0v) is 26.1. The minimum atomic E-state index is -4.10. The molecule has 0 heterocycles. The molecule has 0 aliphatic carbocycles. The number of benzene rings is 7. The quantitative estimate of drug-likeness (QED) is 0.180. The first-order valence-electron chi connectivity index (χ1n) is 14.1. The van der Waals surface area contributed by atoms with Gasteiger partial charge in [-0.15, -0.1) is 0 Å². The molecular weight excluding hydrogens is 587 g/mol. The van der Waals surface area contributed by atoms with Crippen LogP contribution in [0.4, 0.5) is 0 Å². The second-order valence-electron chi connectivity index (χ2n) is 11.1. The van der Waals surface area contributed by atoms with Gasteiger partial charge in [0.15, 0.2) is 0 Å². The van der Waals surface area contributed by atoms with Crippen LogP contribution in [-0.2, 0) is 0 Å². The summed E-state index contributed by atoms with van der Waals surface area (Å²) in [7, 11) is 0. The molecule has 0 aliphatic heterocycles. The Kier molecular flexibility index (Phi) is 6.24. The van der Waals surface area contributed by atoms with Crippen molar-refractivity contribution < 1.29 is 0 Å². The van der Waals surface area contributed by atoms with Gasteiger partial charge < -0.3 is 0 Å². The Morgan fingerprint density at radius 2 is 0.700 bits per heavy atom. The molecule has 40 heavy (non-hydrogen) atoms. The van der Waals surface area contributed by atoms with Crippen molar-refractivity contribution in [2.24, 2.45) is 0 Å². The summed E-state index contributed by atoms with van der Waals surface area (Å²) in [6.45, 7) is 6.93. The first kappa shape index (κ1) is 25.1. The van der Waals surface area contributed by atoms with Gasteiger partial charge in [-0.3, -0.25) is 0 Å². The van der Waals surface area contributed by atoms with Gasteiger partial charge in [-0.05, 0) is 0 Å². The van der Waals surface area contributed by atoms with Gasteiger partial charge in [-0.2, -0.15) is 0 Å². The predicted octanol–water partition coefficient (Wildman–Crippen LogP) is 7.45. The average Bonchev–Trinajstić information content (AvgIpc) is 2.98. The van der Waals surface area contributed by atoms with Crippen molar-refractivity contribution in [3.8, 4) is 0 Å². The van der Waals surface area contributed by atoms with Crippen LogP contribution in [0, 0.1) is 20.8 Å². The van der Waals surface area contributed by atoms with Gasteiger partial charge in [0.2, 0.25) is 0 Å². The Morgan fingerprint density at radius 3 is 1.07 bits per heavy atom. The second kappa shape index (κ2) is 9.94. The van der Waals surface area contributed by atoms with E-state index in [4.69, 9.17) is 0 Å². The molecule has 0 saturated heterocycles. The van der Waals surface area contributed by atoms with E-state index >= 15 is 0 Å². The zero-order chi connectivity index (χ0) is 27.3. The van der Waals surface area contributed by atoms with Crippen LogP contribution in [0.15, 0.2) is 140 Å². The minimum absolute atomic E-state index is 1.31. The monoisotopic (exact) mass is 620 g/mol. The molecule has 0 amide bonds. The van der Waals surface area contributed by atoms with Crippen molar-refractivity contribution in [3.05, 3.63) is 156 Å². The van der Waals surface area contributed by atoms with Gasteiger partial charge >= 0.3 is 242 Å². The van der Waals surface area contributed by atoms with Crippen LogP contribution in [0.1, 0.15) is 16.7 Å². The first-order valence-corrected chi connectivity index (χ1v) is 19.8. The third-order valence-electron chi connectivity index (χ3n) is 8.63. The van der Waals surface area contributed by atoms with E-state index in [1.54, 1.807) is 3.58 Å². The predicted molar refractivity (Wildman–Crippen MR) is 177 cm³/mol. The summed E-state index contributed by atoms with van der Waals surface area (Å²) in [5.41, 5.74) is 4.14. The van der Waals surface area contributed by atoms with Gasteiger partial charge in [0.25, 0.3) is 0 Å². The van der Waals surface area contributed by atoms with E-state index in [9.17, 15) is 0 Å². The Balaban J connectivity index is 1.82. The van der Waals surface area contributed by atoms with Crippen LogP contribution in [-0.4, -0.2) is 18.4 Å². The van der Waals surface area contributed by atoms with E-state index in [2.05, 4.69) is 160 Å². The molecule has 1 heteroatoms. The molecule has 0 saturated carbocycles. The summed E-state index contributed by atoms with van der Waals surface area (Å²) < 4.78 is 6.14. The van der Waals surface area contributed by atoms with E-state index in [1.807, 2.05) is 0 Å². The van der Waals surface area contributed by atoms with Crippen LogP contribution in [0.5, 0.6) is 0 Å². The molecule has 7 rings (SSSR count). The third kappa shape index (κ3) is 3.81. The van der Waals surface area contributed by atoms with Crippen LogP contribution >= 0.6 is 0 Å². The molecule has 0 bridgehead atoms. The molecule has 0 nitrogen and oxygen atoms in total. The standard InChI is InChI=1S/3C10H7.C9H11.Sn/c3*1-2-6-10-8-4-3-7-9(10)5-1;1-7-4-8(2)6-9(3)5-7;/h3*1-7H;4-5H,1-3H3;. The molecule has 0 fully saturated rings. The molecule has 0 atom stereocenters. The van der Waals surface area contributed by atoms with Gasteiger partial charge in [0.1, 0.15) is 0 Å². The van der Waals surface area contributed by atoms with E-state index in [0.29, 0.717) is 0 Å². The number of hydrogen-bond acceptors (Lipinski definition) is 0. The molecular formula is C39H32Sn. The van der Waals surface area contributed by atoms with Crippen LogP contribution < -0.4 is 14.3 Å². The van der Waals surface area contributed by atoms with Crippen LogP contribution in [0.3, 0.4) is 0 Å². The van der Waals surface area contributed by atoms with Crippen molar-refractivity contribution >= 4 is 65.0 Å². The fourth-order valence-corrected chi connectivity index (χ4v) is 24.2. The Bertz CT molecular complexity index is 1820. The van der Waals surface area contributed by atoms with Gasteiger partial charge in [0, 0.05) is 0 Å². The van der Waals surface area contributed by atoms with E-state index < -0.39 is 18.4 Å². The normalized spacial score (nSPS) is 11.9. The van der Waals surface area contributed by atoms with Crippen molar-refractivity contribution in [3.63, 3.8) is 0 Å². The topological polar surface area (TPSA) is 0 Å². The summed E-state index contributed by atoms with van der Waals surface area (Å²) in [6.07, 6.45) is 0.